The highest BCUT2D eigenvalue weighted by atomic mass is 35.5. The molecule has 0 spiro atoms. The summed E-state index contributed by atoms with van der Waals surface area (Å²) in [7, 11) is 0. The molecule has 0 saturated carbocycles. The van der Waals surface area contributed by atoms with E-state index in [9.17, 15) is 4.79 Å². The number of allylic oxidation sites excluding steroid dienone is 2. The Morgan fingerprint density at radius 1 is 0.704 bits per heavy atom. The molecule has 0 fully saturated rings. The first-order valence-corrected chi connectivity index (χ1v) is 12.2. The zero-order chi connectivity index (χ0) is 19.8. The van der Waals surface area contributed by atoms with Crippen molar-refractivity contribution in [3.63, 3.8) is 0 Å². The molecule has 0 aromatic rings. The van der Waals surface area contributed by atoms with Gasteiger partial charge in [0.15, 0.2) is 0 Å². The first-order valence-electron chi connectivity index (χ1n) is 11.7. The fourth-order valence-electron chi connectivity index (χ4n) is 3.27. The molecule has 0 saturated heterocycles. The molecule has 27 heavy (non-hydrogen) atoms. The van der Waals surface area contributed by atoms with E-state index in [2.05, 4.69) is 19.1 Å². The maximum Gasteiger partial charge on any atom is 0.305 e. The zero-order valence-electron chi connectivity index (χ0n) is 18.0. The van der Waals surface area contributed by atoms with Gasteiger partial charge in [-0.3, -0.25) is 4.79 Å². The van der Waals surface area contributed by atoms with Gasteiger partial charge in [-0.15, -0.1) is 11.6 Å². The van der Waals surface area contributed by atoms with E-state index in [1.54, 1.807) is 0 Å². The third kappa shape index (κ3) is 23.5. The molecule has 0 aromatic carbocycles. The standard InChI is InChI=1S/C24H45ClO2/c1-2-3-4-5-6-7-8-9-10-11-12-13-14-15-16-17-18-19-20-21-24(26)27-23-22-25/h9-10H,2-8,11-23H2,1H3/b10-9-. The smallest absolute Gasteiger partial charge is 0.305 e. The van der Waals surface area contributed by atoms with Gasteiger partial charge in [0.1, 0.15) is 6.61 Å². The molecule has 2 nitrogen and oxygen atoms in total. The Labute approximate surface area is 174 Å². The Hall–Kier alpha value is -0.500. The van der Waals surface area contributed by atoms with Crippen LogP contribution in [0.3, 0.4) is 0 Å². The van der Waals surface area contributed by atoms with Crippen molar-refractivity contribution in [1.29, 1.82) is 0 Å². The first-order chi connectivity index (χ1) is 13.3. The van der Waals surface area contributed by atoms with Gasteiger partial charge in [0.2, 0.25) is 0 Å². The van der Waals surface area contributed by atoms with E-state index in [0.717, 1.165) is 12.8 Å². The average molecular weight is 401 g/mol. The Balaban J connectivity index is 3.12. The van der Waals surface area contributed by atoms with Crippen molar-refractivity contribution in [3.05, 3.63) is 12.2 Å². The van der Waals surface area contributed by atoms with E-state index in [1.807, 2.05) is 0 Å². The monoisotopic (exact) mass is 400 g/mol. The van der Waals surface area contributed by atoms with Crippen molar-refractivity contribution in [3.8, 4) is 0 Å². The van der Waals surface area contributed by atoms with Gasteiger partial charge in [-0.05, 0) is 32.1 Å². The lowest BCUT2D eigenvalue weighted by Crippen LogP contribution is -2.06. The summed E-state index contributed by atoms with van der Waals surface area (Å²) in [6.07, 6.45) is 27.6. The number of halogens is 1. The Morgan fingerprint density at radius 2 is 1.15 bits per heavy atom. The summed E-state index contributed by atoms with van der Waals surface area (Å²) in [5.74, 6) is 0.290. The van der Waals surface area contributed by atoms with E-state index in [1.165, 1.54) is 96.3 Å². The van der Waals surface area contributed by atoms with Gasteiger partial charge in [-0.25, -0.2) is 0 Å². The lowest BCUT2D eigenvalue weighted by molar-refractivity contribution is -0.143. The zero-order valence-corrected chi connectivity index (χ0v) is 18.7. The Morgan fingerprint density at radius 3 is 1.63 bits per heavy atom. The second-order valence-corrected chi connectivity index (χ2v) is 8.04. The summed E-state index contributed by atoms with van der Waals surface area (Å²) < 4.78 is 4.95. The van der Waals surface area contributed by atoms with Crippen LogP contribution in [0.4, 0.5) is 0 Å². The maximum absolute atomic E-state index is 11.3. The molecule has 0 radical (unpaired) electrons. The van der Waals surface area contributed by atoms with E-state index in [0.29, 0.717) is 18.9 Å². The number of unbranched alkanes of at least 4 members (excludes halogenated alkanes) is 15. The number of ether oxygens (including phenoxy) is 1. The summed E-state index contributed by atoms with van der Waals surface area (Å²) in [5.41, 5.74) is 0. The van der Waals surface area contributed by atoms with Crippen molar-refractivity contribution >= 4 is 17.6 Å². The summed E-state index contributed by atoms with van der Waals surface area (Å²) in [5, 5.41) is 0. The minimum absolute atomic E-state index is 0.100. The number of esters is 1. The van der Waals surface area contributed by atoms with Gasteiger partial charge >= 0.3 is 5.97 Å². The molecule has 0 heterocycles. The number of carbonyl (C=O) groups is 1. The summed E-state index contributed by atoms with van der Waals surface area (Å²) in [4.78, 5) is 11.3. The van der Waals surface area contributed by atoms with Crippen LogP contribution in [0.2, 0.25) is 0 Å². The van der Waals surface area contributed by atoms with Crippen LogP contribution in [-0.4, -0.2) is 18.5 Å². The van der Waals surface area contributed by atoms with Crippen molar-refractivity contribution in [2.45, 2.75) is 122 Å². The second-order valence-electron chi connectivity index (χ2n) is 7.66. The topological polar surface area (TPSA) is 26.3 Å². The molecular weight excluding hydrogens is 356 g/mol. The van der Waals surface area contributed by atoms with Crippen LogP contribution in [0.25, 0.3) is 0 Å². The van der Waals surface area contributed by atoms with E-state index >= 15 is 0 Å². The van der Waals surface area contributed by atoms with Gasteiger partial charge < -0.3 is 4.74 Å². The molecule has 0 rings (SSSR count). The van der Waals surface area contributed by atoms with Crippen LogP contribution in [0.5, 0.6) is 0 Å². The summed E-state index contributed by atoms with van der Waals surface area (Å²) in [6, 6.07) is 0. The van der Waals surface area contributed by atoms with Gasteiger partial charge in [-0.1, -0.05) is 96.1 Å². The highest BCUT2D eigenvalue weighted by Crippen LogP contribution is 2.12. The molecule has 0 aliphatic rings. The molecule has 0 amide bonds. The Bertz CT molecular complexity index is 328. The van der Waals surface area contributed by atoms with Crippen LogP contribution >= 0.6 is 11.6 Å². The number of carbonyl (C=O) groups excluding carboxylic acids is 1. The fraction of sp³-hybridized carbons (Fsp3) is 0.875. The van der Waals surface area contributed by atoms with Crippen molar-refractivity contribution in [1.82, 2.24) is 0 Å². The second kappa shape index (κ2) is 23.5. The largest absolute Gasteiger partial charge is 0.464 e. The molecule has 0 unspecified atom stereocenters. The predicted octanol–water partition coefficient (Wildman–Crippen LogP) is 8.37. The molecule has 0 aromatic heterocycles. The minimum Gasteiger partial charge on any atom is -0.464 e. The van der Waals surface area contributed by atoms with Gasteiger partial charge in [0.05, 0.1) is 5.88 Å². The van der Waals surface area contributed by atoms with Crippen LogP contribution in [0, 0.1) is 0 Å². The maximum atomic E-state index is 11.3. The van der Waals surface area contributed by atoms with E-state index < -0.39 is 0 Å². The molecule has 3 heteroatoms. The van der Waals surface area contributed by atoms with Crippen molar-refractivity contribution in [2.75, 3.05) is 12.5 Å². The molecular formula is C24H45ClO2. The van der Waals surface area contributed by atoms with Crippen LogP contribution in [0.15, 0.2) is 12.2 Å². The first kappa shape index (κ1) is 26.5. The lowest BCUT2D eigenvalue weighted by Gasteiger charge is -2.03. The van der Waals surface area contributed by atoms with Crippen LogP contribution < -0.4 is 0 Å². The molecule has 0 N–H and O–H groups in total. The minimum atomic E-state index is -0.100. The average Bonchev–Trinajstić information content (AvgIpc) is 2.68. The molecule has 160 valence electrons. The Kier molecular flexibility index (Phi) is 23.1. The number of hydrogen-bond donors (Lipinski definition) is 0. The number of alkyl halides is 1. The number of rotatable bonds is 21. The normalized spacial score (nSPS) is 11.3. The molecule has 0 aliphatic heterocycles. The van der Waals surface area contributed by atoms with E-state index in [-0.39, 0.29) is 5.97 Å². The highest BCUT2D eigenvalue weighted by molar-refractivity contribution is 6.18. The number of hydrogen-bond acceptors (Lipinski definition) is 2. The molecule has 0 bridgehead atoms. The van der Waals surface area contributed by atoms with E-state index in [4.69, 9.17) is 16.3 Å². The highest BCUT2D eigenvalue weighted by Gasteiger charge is 2.01. The SMILES string of the molecule is CCCCCCCC/C=C\CCCCCCCCCCCC(=O)OCCCl. The summed E-state index contributed by atoms with van der Waals surface area (Å²) in [6.45, 7) is 2.62. The van der Waals surface area contributed by atoms with Crippen molar-refractivity contribution in [2.24, 2.45) is 0 Å². The third-order valence-corrected chi connectivity index (χ3v) is 5.14. The quantitative estimate of drug-likeness (QED) is 0.0836. The fourth-order valence-corrected chi connectivity index (χ4v) is 3.35. The van der Waals surface area contributed by atoms with Gasteiger partial charge in [0, 0.05) is 6.42 Å². The van der Waals surface area contributed by atoms with Gasteiger partial charge in [-0.2, -0.15) is 0 Å². The lowest BCUT2D eigenvalue weighted by atomic mass is 10.1. The van der Waals surface area contributed by atoms with Crippen LogP contribution in [0.1, 0.15) is 122 Å². The summed E-state index contributed by atoms with van der Waals surface area (Å²) >= 11 is 5.48. The van der Waals surface area contributed by atoms with Gasteiger partial charge in [0.25, 0.3) is 0 Å². The van der Waals surface area contributed by atoms with Crippen molar-refractivity contribution < 1.29 is 9.53 Å². The predicted molar refractivity (Wildman–Crippen MR) is 120 cm³/mol. The molecule has 0 atom stereocenters. The van der Waals surface area contributed by atoms with Crippen LogP contribution in [-0.2, 0) is 9.53 Å². The molecule has 0 aliphatic carbocycles. The third-order valence-electron chi connectivity index (χ3n) is 4.98.